The predicted molar refractivity (Wildman–Crippen MR) is 75.6 cm³/mol. The average Bonchev–Trinajstić information content (AvgIpc) is 2.32. The molecule has 0 aromatic carbocycles. The highest BCUT2D eigenvalue weighted by Gasteiger charge is 2.27. The van der Waals surface area contributed by atoms with Gasteiger partial charge in [-0.2, -0.15) is 0 Å². The monoisotopic (exact) mass is 284 g/mol. The first kappa shape index (κ1) is 18.3. The molecule has 0 radical (unpaired) electrons. The zero-order chi connectivity index (χ0) is 15.9. The molecule has 114 valence electrons. The van der Waals surface area contributed by atoms with Crippen LogP contribution in [-0.2, 0) is 14.4 Å². The van der Waals surface area contributed by atoms with E-state index in [1.807, 2.05) is 0 Å². The van der Waals surface area contributed by atoms with Crippen LogP contribution in [0.1, 0.15) is 34.1 Å². The summed E-state index contributed by atoms with van der Waals surface area (Å²) in [5, 5.41) is 1.11. The Bertz CT molecular complexity index is 382. The fraction of sp³-hybridized carbons (Fsp3) is 0.714. The highest BCUT2D eigenvalue weighted by molar-refractivity contribution is 5.76. The third-order valence-electron chi connectivity index (χ3n) is 2.52. The Kier molecular flexibility index (Phi) is 7.08. The molecule has 0 N–H and O–H groups in total. The second kappa shape index (κ2) is 7.75. The van der Waals surface area contributed by atoms with Crippen molar-refractivity contribution in [1.29, 1.82) is 0 Å². The van der Waals surface area contributed by atoms with Crippen molar-refractivity contribution >= 4 is 12.0 Å². The van der Waals surface area contributed by atoms with E-state index in [0.717, 1.165) is 5.06 Å². The van der Waals surface area contributed by atoms with Crippen molar-refractivity contribution in [3.63, 3.8) is 0 Å². The highest BCUT2D eigenvalue weighted by atomic mass is 16.7. The number of ether oxygens (including phenoxy) is 1. The molecule has 0 unspecified atom stereocenters. The maximum atomic E-state index is 12.1. The molecule has 6 heteroatoms. The number of hydroxylamine groups is 2. The van der Waals surface area contributed by atoms with Crippen LogP contribution in [0.4, 0.5) is 4.79 Å². The van der Waals surface area contributed by atoms with Gasteiger partial charge in [-0.1, -0.05) is 5.92 Å². The zero-order valence-corrected chi connectivity index (χ0v) is 13.1. The van der Waals surface area contributed by atoms with E-state index in [9.17, 15) is 9.59 Å². The number of carbonyl (C=O) groups is 2. The van der Waals surface area contributed by atoms with Gasteiger partial charge in [0.2, 0.25) is 5.91 Å². The molecule has 0 aliphatic rings. The maximum absolute atomic E-state index is 12.1. The third kappa shape index (κ3) is 6.43. The molecule has 0 heterocycles. The van der Waals surface area contributed by atoms with Gasteiger partial charge in [0.25, 0.3) is 0 Å². The van der Waals surface area contributed by atoms with Gasteiger partial charge >= 0.3 is 6.09 Å². The minimum absolute atomic E-state index is 0.0834. The summed E-state index contributed by atoms with van der Waals surface area (Å²) in [6, 6.07) is -0.383. The van der Waals surface area contributed by atoms with Crippen molar-refractivity contribution in [3.05, 3.63) is 0 Å². The van der Waals surface area contributed by atoms with Gasteiger partial charge in [-0.15, -0.1) is 6.42 Å². The van der Waals surface area contributed by atoms with Crippen LogP contribution in [0.3, 0.4) is 0 Å². The normalized spacial score (nSPS) is 12.2. The van der Waals surface area contributed by atoms with Crippen LogP contribution in [0.5, 0.6) is 0 Å². The lowest BCUT2D eigenvalue weighted by molar-refractivity contribution is -0.169. The Morgan fingerprint density at radius 1 is 1.35 bits per heavy atom. The molecule has 0 bridgehead atoms. The Hall–Kier alpha value is -1.74. The van der Waals surface area contributed by atoms with E-state index in [1.54, 1.807) is 27.7 Å². The maximum Gasteiger partial charge on any atom is 0.411 e. The summed E-state index contributed by atoms with van der Waals surface area (Å²) in [4.78, 5) is 30.0. The summed E-state index contributed by atoms with van der Waals surface area (Å²) < 4.78 is 5.28. The fourth-order valence-electron chi connectivity index (χ4n) is 1.41. The lowest BCUT2D eigenvalue weighted by Crippen LogP contribution is -2.44. The van der Waals surface area contributed by atoms with Gasteiger partial charge in [0.05, 0.1) is 13.7 Å². The summed E-state index contributed by atoms with van der Waals surface area (Å²) in [5.41, 5.74) is -0.614. The van der Waals surface area contributed by atoms with Crippen LogP contribution in [-0.4, -0.2) is 54.3 Å². The Morgan fingerprint density at radius 2 is 1.90 bits per heavy atom. The average molecular weight is 284 g/mol. The minimum Gasteiger partial charge on any atom is -0.444 e. The van der Waals surface area contributed by atoms with E-state index in [4.69, 9.17) is 16.0 Å². The van der Waals surface area contributed by atoms with Crippen LogP contribution in [0.2, 0.25) is 0 Å². The minimum atomic E-state index is -0.614. The van der Waals surface area contributed by atoms with Crippen LogP contribution in [0, 0.1) is 12.3 Å². The summed E-state index contributed by atoms with van der Waals surface area (Å²) in [5.74, 6) is 2.16. The van der Waals surface area contributed by atoms with E-state index in [1.165, 1.54) is 19.1 Å². The number of hydrogen-bond acceptors (Lipinski definition) is 4. The van der Waals surface area contributed by atoms with Gasteiger partial charge < -0.3 is 4.74 Å². The molecule has 2 amide bonds. The molecule has 0 aliphatic carbocycles. The van der Waals surface area contributed by atoms with Crippen LogP contribution >= 0.6 is 0 Å². The van der Waals surface area contributed by atoms with Crippen molar-refractivity contribution in [2.75, 3.05) is 20.7 Å². The van der Waals surface area contributed by atoms with E-state index >= 15 is 0 Å². The molecule has 0 saturated carbocycles. The molecular formula is C14H24N2O4. The number of terminal acetylenes is 1. The Morgan fingerprint density at radius 3 is 2.30 bits per heavy atom. The lowest BCUT2D eigenvalue weighted by atomic mass is 10.2. The van der Waals surface area contributed by atoms with Crippen molar-refractivity contribution in [3.8, 4) is 12.3 Å². The molecule has 0 aliphatic heterocycles. The highest BCUT2D eigenvalue weighted by Crippen LogP contribution is 2.13. The van der Waals surface area contributed by atoms with E-state index < -0.39 is 11.7 Å². The molecule has 0 rings (SSSR count). The van der Waals surface area contributed by atoms with Crippen molar-refractivity contribution in [2.45, 2.75) is 45.8 Å². The number of amides is 2. The first-order valence-electron chi connectivity index (χ1n) is 6.36. The lowest BCUT2D eigenvalue weighted by Gasteiger charge is -2.30. The quantitative estimate of drug-likeness (QED) is 0.569. The second-order valence-corrected chi connectivity index (χ2v) is 5.44. The van der Waals surface area contributed by atoms with Crippen LogP contribution < -0.4 is 0 Å². The molecule has 0 aromatic rings. The summed E-state index contributed by atoms with van der Waals surface area (Å²) >= 11 is 0. The Labute approximate surface area is 121 Å². The summed E-state index contributed by atoms with van der Waals surface area (Å²) in [6.07, 6.45) is 4.84. The number of hydrogen-bond donors (Lipinski definition) is 0. The first-order chi connectivity index (χ1) is 9.12. The smallest absolute Gasteiger partial charge is 0.411 e. The summed E-state index contributed by atoms with van der Waals surface area (Å²) in [7, 11) is 2.91. The number of carbonyl (C=O) groups excluding carboxylic acids is 2. The topological polar surface area (TPSA) is 59.1 Å². The van der Waals surface area contributed by atoms with Gasteiger partial charge in [0.15, 0.2) is 0 Å². The molecule has 20 heavy (non-hydrogen) atoms. The zero-order valence-electron chi connectivity index (χ0n) is 13.1. The fourth-order valence-corrected chi connectivity index (χ4v) is 1.41. The SMILES string of the molecule is C#CCN(C(=O)OC(C)(C)C)[C@@H](C)CC(=O)N(C)OC. The third-order valence-corrected chi connectivity index (χ3v) is 2.52. The van der Waals surface area contributed by atoms with E-state index in [2.05, 4.69) is 5.92 Å². The van der Waals surface area contributed by atoms with Gasteiger partial charge in [0, 0.05) is 19.5 Å². The van der Waals surface area contributed by atoms with Gasteiger partial charge in [-0.25, -0.2) is 9.86 Å². The van der Waals surface area contributed by atoms with E-state index in [0.29, 0.717) is 0 Å². The Balaban J connectivity index is 4.79. The standard InChI is InChI=1S/C14H24N2O4/c1-8-9-16(13(18)20-14(3,4)5)11(2)10-12(17)15(6)19-7/h1,11H,9-10H2,2-7H3/t11-/m0/s1. The summed E-state index contributed by atoms with van der Waals surface area (Å²) in [6.45, 7) is 7.14. The predicted octanol–water partition coefficient (Wildman–Crippen LogP) is 1.66. The molecule has 1 atom stereocenters. The number of rotatable bonds is 5. The molecule has 0 saturated heterocycles. The van der Waals surface area contributed by atoms with Crippen molar-refractivity contribution in [2.24, 2.45) is 0 Å². The van der Waals surface area contributed by atoms with Gasteiger partial charge in [0.1, 0.15) is 5.60 Å². The van der Waals surface area contributed by atoms with Crippen molar-refractivity contribution < 1.29 is 19.2 Å². The van der Waals surface area contributed by atoms with Crippen LogP contribution in [0.25, 0.3) is 0 Å². The molecule has 0 fully saturated rings. The second-order valence-electron chi connectivity index (χ2n) is 5.44. The molecule has 0 spiro atoms. The van der Waals surface area contributed by atoms with Crippen molar-refractivity contribution in [1.82, 2.24) is 9.96 Å². The molecular weight excluding hydrogens is 260 g/mol. The molecule has 6 nitrogen and oxygen atoms in total. The van der Waals surface area contributed by atoms with Gasteiger partial charge in [-0.3, -0.25) is 14.5 Å². The van der Waals surface area contributed by atoms with E-state index in [-0.39, 0.29) is 24.9 Å². The van der Waals surface area contributed by atoms with Gasteiger partial charge in [-0.05, 0) is 27.7 Å². The van der Waals surface area contributed by atoms with Crippen LogP contribution in [0.15, 0.2) is 0 Å². The number of nitrogens with zero attached hydrogens (tertiary/aromatic N) is 2. The molecule has 0 aromatic heterocycles. The largest absolute Gasteiger partial charge is 0.444 e. The first-order valence-corrected chi connectivity index (χ1v) is 6.36.